The van der Waals surface area contributed by atoms with Crippen molar-refractivity contribution in [1.29, 1.82) is 0 Å². The van der Waals surface area contributed by atoms with Crippen LogP contribution in [0.2, 0.25) is 0 Å². The van der Waals surface area contributed by atoms with Crippen LogP contribution in [0.15, 0.2) is 72.8 Å². The molecule has 0 radical (unpaired) electrons. The Morgan fingerprint density at radius 3 is 2.08 bits per heavy atom. The summed E-state index contributed by atoms with van der Waals surface area (Å²) in [7, 11) is 0. The maximum Gasteiger partial charge on any atom is 0.417 e. The number of hydrogen-bond donors (Lipinski definition) is 2. The smallest absolute Gasteiger partial charge is 0.417 e. The van der Waals surface area contributed by atoms with Crippen molar-refractivity contribution < 1.29 is 23.1 Å². The molecule has 3 aromatic rings. The van der Waals surface area contributed by atoms with Gasteiger partial charge in [-0.15, -0.1) is 0 Å². The number of nitrogens with one attached hydrogen (secondary N) is 1. The van der Waals surface area contributed by atoms with E-state index in [9.17, 15) is 23.1 Å². The predicted octanol–water partition coefficient (Wildman–Crippen LogP) is 5.81. The van der Waals surface area contributed by atoms with Gasteiger partial charge in [-0.25, -0.2) is 4.79 Å². The highest BCUT2D eigenvalue weighted by atomic mass is 19.4. The average molecular weight is 357 g/mol. The zero-order chi connectivity index (χ0) is 18.7. The zero-order valence-corrected chi connectivity index (χ0v) is 13.4. The van der Waals surface area contributed by atoms with Crippen molar-refractivity contribution in [3.05, 3.63) is 83.9 Å². The molecule has 3 aromatic carbocycles. The summed E-state index contributed by atoms with van der Waals surface area (Å²) in [5.41, 5.74) is -0.0572. The second-order valence-electron chi connectivity index (χ2n) is 5.57. The molecular weight excluding hydrogens is 343 g/mol. The van der Waals surface area contributed by atoms with E-state index in [1.807, 2.05) is 0 Å². The number of alkyl halides is 3. The molecule has 2 N–H and O–H groups in total. The standard InChI is InChI=1S/C20H14F3NO2/c21-20(22,23)15-10-6-12-17(18(15)13-7-2-1-3-8-13)24-16-11-5-4-9-14(16)19(25)26/h1-12,24H,(H,25,26). The lowest BCUT2D eigenvalue weighted by molar-refractivity contribution is -0.137. The number of aromatic carboxylic acids is 1. The van der Waals surface area contributed by atoms with Crippen LogP contribution in [-0.2, 0) is 6.18 Å². The van der Waals surface area contributed by atoms with Gasteiger partial charge in [0.05, 0.1) is 16.8 Å². The topological polar surface area (TPSA) is 49.3 Å². The van der Waals surface area contributed by atoms with E-state index in [-0.39, 0.29) is 22.5 Å². The van der Waals surface area contributed by atoms with Crippen LogP contribution in [0.4, 0.5) is 24.5 Å². The summed E-state index contributed by atoms with van der Waals surface area (Å²) in [4.78, 5) is 11.4. The molecule has 0 bridgehead atoms. The van der Waals surface area contributed by atoms with Crippen LogP contribution in [0.5, 0.6) is 0 Å². The third kappa shape index (κ3) is 3.54. The van der Waals surface area contributed by atoms with Gasteiger partial charge in [0, 0.05) is 11.3 Å². The van der Waals surface area contributed by atoms with Gasteiger partial charge in [-0.3, -0.25) is 0 Å². The predicted molar refractivity (Wildman–Crippen MR) is 93.6 cm³/mol. The summed E-state index contributed by atoms with van der Waals surface area (Å²) in [5.74, 6) is -1.17. The molecule has 0 aromatic heterocycles. The Labute approximate surface area is 147 Å². The molecule has 3 rings (SSSR count). The highest BCUT2D eigenvalue weighted by Gasteiger charge is 2.34. The minimum atomic E-state index is -4.55. The number of rotatable bonds is 4. The van der Waals surface area contributed by atoms with Gasteiger partial charge < -0.3 is 10.4 Å². The van der Waals surface area contributed by atoms with Gasteiger partial charge >= 0.3 is 12.1 Å². The van der Waals surface area contributed by atoms with Crippen LogP contribution < -0.4 is 5.32 Å². The summed E-state index contributed by atoms with van der Waals surface area (Å²) in [6.07, 6.45) is -4.55. The number of anilines is 2. The molecule has 3 nitrogen and oxygen atoms in total. The van der Waals surface area contributed by atoms with Gasteiger partial charge in [0.1, 0.15) is 0 Å². The number of benzene rings is 3. The Morgan fingerprint density at radius 2 is 1.42 bits per heavy atom. The Morgan fingerprint density at radius 1 is 0.808 bits per heavy atom. The van der Waals surface area contributed by atoms with Gasteiger partial charge in [-0.1, -0.05) is 48.5 Å². The van der Waals surface area contributed by atoms with E-state index in [0.29, 0.717) is 5.56 Å². The van der Waals surface area contributed by atoms with Crippen LogP contribution in [0.1, 0.15) is 15.9 Å². The fourth-order valence-electron chi connectivity index (χ4n) is 2.73. The SMILES string of the molecule is O=C(O)c1ccccc1Nc1cccc(C(F)(F)F)c1-c1ccccc1. The number of carboxylic acid groups (broad SMARTS) is 1. The third-order valence-corrected chi connectivity index (χ3v) is 3.86. The minimum Gasteiger partial charge on any atom is -0.478 e. The fourth-order valence-corrected chi connectivity index (χ4v) is 2.73. The van der Waals surface area contributed by atoms with Crippen molar-refractivity contribution in [3.63, 3.8) is 0 Å². The van der Waals surface area contributed by atoms with E-state index < -0.39 is 17.7 Å². The first-order chi connectivity index (χ1) is 12.4. The lowest BCUT2D eigenvalue weighted by atomic mass is 9.97. The molecule has 0 aliphatic rings. The summed E-state index contributed by atoms with van der Waals surface area (Å²) in [6.45, 7) is 0. The molecule has 0 unspecified atom stereocenters. The van der Waals surface area contributed by atoms with Gasteiger partial charge in [0.15, 0.2) is 0 Å². The van der Waals surface area contributed by atoms with Gasteiger partial charge in [-0.2, -0.15) is 13.2 Å². The Bertz CT molecular complexity index is 937. The highest BCUT2D eigenvalue weighted by Crippen LogP contribution is 2.42. The average Bonchev–Trinajstić information content (AvgIpc) is 2.62. The largest absolute Gasteiger partial charge is 0.478 e. The first-order valence-corrected chi connectivity index (χ1v) is 7.73. The number of para-hydroxylation sites is 1. The van der Waals surface area contributed by atoms with E-state index >= 15 is 0 Å². The molecule has 0 amide bonds. The summed E-state index contributed by atoms with van der Waals surface area (Å²) in [5, 5.41) is 12.1. The van der Waals surface area contributed by atoms with Crippen LogP contribution in [0.25, 0.3) is 11.1 Å². The number of carboxylic acids is 1. The Hall–Kier alpha value is -3.28. The first-order valence-electron chi connectivity index (χ1n) is 7.73. The normalized spacial score (nSPS) is 11.2. The summed E-state index contributed by atoms with van der Waals surface area (Å²) < 4.78 is 40.6. The van der Waals surface area contributed by atoms with E-state index in [4.69, 9.17) is 0 Å². The van der Waals surface area contributed by atoms with Crippen LogP contribution in [-0.4, -0.2) is 11.1 Å². The lowest BCUT2D eigenvalue weighted by Gasteiger charge is -2.19. The second-order valence-corrected chi connectivity index (χ2v) is 5.57. The molecule has 0 heterocycles. The Kier molecular flexibility index (Phi) is 4.67. The molecule has 6 heteroatoms. The molecule has 0 atom stereocenters. The van der Waals surface area contributed by atoms with Gasteiger partial charge in [0.2, 0.25) is 0 Å². The highest BCUT2D eigenvalue weighted by molar-refractivity contribution is 5.96. The fraction of sp³-hybridized carbons (Fsp3) is 0.0500. The second kappa shape index (κ2) is 6.92. The molecule has 0 saturated heterocycles. The van der Waals surface area contributed by atoms with Crippen molar-refractivity contribution in [1.82, 2.24) is 0 Å². The van der Waals surface area contributed by atoms with Crippen molar-refractivity contribution in [3.8, 4) is 11.1 Å². The molecular formula is C20H14F3NO2. The van der Waals surface area contributed by atoms with Crippen LogP contribution >= 0.6 is 0 Å². The quantitative estimate of drug-likeness (QED) is 0.619. The number of carbonyl (C=O) groups is 1. The van der Waals surface area contributed by atoms with Gasteiger partial charge in [0.25, 0.3) is 0 Å². The molecule has 0 aliphatic heterocycles. The lowest BCUT2D eigenvalue weighted by Crippen LogP contribution is -2.09. The van der Waals surface area contributed by atoms with Crippen molar-refractivity contribution in [2.24, 2.45) is 0 Å². The number of hydrogen-bond acceptors (Lipinski definition) is 2. The van der Waals surface area contributed by atoms with E-state index in [0.717, 1.165) is 6.07 Å². The zero-order valence-electron chi connectivity index (χ0n) is 13.4. The minimum absolute atomic E-state index is 0.0241. The molecule has 0 saturated carbocycles. The monoisotopic (exact) mass is 357 g/mol. The van der Waals surface area contributed by atoms with Gasteiger partial charge in [-0.05, 0) is 29.8 Å². The maximum atomic E-state index is 13.5. The summed E-state index contributed by atoms with van der Waals surface area (Å²) in [6, 6.07) is 18.1. The van der Waals surface area contributed by atoms with E-state index in [1.165, 1.54) is 24.3 Å². The molecule has 132 valence electrons. The van der Waals surface area contributed by atoms with E-state index in [1.54, 1.807) is 42.5 Å². The van der Waals surface area contributed by atoms with Crippen molar-refractivity contribution >= 4 is 17.3 Å². The Balaban J connectivity index is 2.19. The van der Waals surface area contributed by atoms with Crippen molar-refractivity contribution in [2.75, 3.05) is 5.32 Å². The van der Waals surface area contributed by atoms with E-state index in [2.05, 4.69) is 5.32 Å². The number of halogens is 3. The van der Waals surface area contributed by atoms with Crippen molar-refractivity contribution in [2.45, 2.75) is 6.18 Å². The maximum absolute atomic E-state index is 13.5. The van der Waals surface area contributed by atoms with Crippen LogP contribution in [0.3, 0.4) is 0 Å². The molecule has 0 spiro atoms. The summed E-state index contributed by atoms with van der Waals surface area (Å²) >= 11 is 0. The van der Waals surface area contributed by atoms with Crippen LogP contribution in [0, 0.1) is 0 Å². The molecule has 0 aliphatic carbocycles. The molecule has 0 fully saturated rings. The third-order valence-electron chi connectivity index (χ3n) is 3.86. The molecule has 26 heavy (non-hydrogen) atoms. The first kappa shape index (κ1) is 17.5.